The SMILES string of the molecule is CCOc1cc(CO)ccc1OCC(=O)Nc1cccc2ccccc12. The molecule has 134 valence electrons. The Morgan fingerprint density at radius 2 is 1.81 bits per heavy atom. The standard InChI is InChI=1S/C21H21NO4/c1-2-25-20-12-15(13-23)10-11-19(20)26-14-21(24)22-18-9-5-7-16-6-3-4-8-17(16)18/h3-12,23H,2,13-14H2,1H3,(H,22,24). The number of amides is 1. The van der Waals surface area contributed by atoms with Gasteiger partial charge in [0.1, 0.15) is 0 Å². The molecule has 3 aromatic carbocycles. The van der Waals surface area contributed by atoms with Crippen molar-refractivity contribution in [2.24, 2.45) is 0 Å². The van der Waals surface area contributed by atoms with Crippen molar-refractivity contribution in [3.63, 3.8) is 0 Å². The molecule has 1 amide bonds. The molecule has 0 spiro atoms. The predicted octanol–water partition coefficient (Wildman–Crippen LogP) is 3.75. The van der Waals surface area contributed by atoms with Gasteiger partial charge < -0.3 is 19.9 Å². The molecule has 26 heavy (non-hydrogen) atoms. The maximum atomic E-state index is 12.3. The number of aliphatic hydroxyl groups is 1. The van der Waals surface area contributed by atoms with Crippen molar-refractivity contribution >= 4 is 22.4 Å². The summed E-state index contributed by atoms with van der Waals surface area (Å²) >= 11 is 0. The first kappa shape index (κ1) is 17.8. The monoisotopic (exact) mass is 351 g/mol. The number of hydrogen-bond acceptors (Lipinski definition) is 4. The van der Waals surface area contributed by atoms with Crippen LogP contribution in [0.25, 0.3) is 10.8 Å². The highest BCUT2D eigenvalue weighted by Crippen LogP contribution is 2.29. The highest BCUT2D eigenvalue weighted by molar-refractivity contribution is 6.02. The molecule has 3 aromatic rings. The number of carbonyl (C=O) groups is 1. The summed E-state index contributed by atoms with van der Waals surface area (Å²) in [4.78, 5) is 12.3. The van der Waals surface area contributed by atoms with Crippen LogP contribution >= 0.6 is 0 Å². The Morgan fingerprint density at radius 3 is 2.62 bits per heavy atom. The van der Waals surface area contributed by atoms with Gasteiger partial charge in [-0.2, -0.15) is 0 Å². The van der Waals surface area contributed by atoms with Gasteiger partial charge in [0.2, 0.25) is 0 Å². The van der Waals surface area contributed by atoms with Crippen molar-refractivity contribution in [1.29, 1.82) is 0 Å². The quantitative estimate of drug-likeness (QED) is 0.680. The molecule has 2 N–H and O–H groups in total. The van der Waals surface area contributed by atoms with E-state index in [-0.39, 0.29) is 19.1 Å². The van der Waals surface area contributed by atoms with Crippen molar-refractivity contribution in [3.05, 3.63) is 66.2 Å². The van der Waals surface area contributed by atoms with Crippen LogP contribution in [0.3, 0.4) is 0 Å². The number of nitrogens with one attached hydrogen (secondary N) is 1. The van der Waals surface area contributed by atoms with Gasteiger partial charge in [0.25, 0.3) is 5.91 Å². The third kappa shape index (κ3) is 4.13. The normalized spacial score (nSPS) is 10.5. The molecule has 0 fully saturated rings. The molecule has 0 radical (unpaired) electrons. The van der Waals surface area contributed by atoms with E-state index in [2.05, 4.69) is 5.32 Å². The first-order valence-electron chi connectivity index (χ1n) is 8.48. The number of ether oxygens (including phenoxy) is 2. The van der Waals surface area contributed by atoms with Crippen LogP contribution in [0.4, 0.5) is 5.69 Å². The molecule has 0 saturated carbocycles. The lowest BCUT2D eigenvalue weighted by atomic mass is 10.1. The second-order valence-electron chi connectivity index (χ2n) is 5.74. The Morgan fingerprint density at radius 1 is 1.00 bits per heavy atom. The summed E-state index contributed by atoms with van der Waals surface area (Å²) in [7, 11) is 0. The van der Waals surface area contributed by atoms with E-state index in [0.717, 1.165) is 22.0 Å². The molecule has 3 rings (SSSR count). The summed E-state index contributed by atoms with van der Waals surface area (Å²) in [6.07, 6.45) is 0. The highest BCUT2D eigenvalue weighted by Gasteiger charge is 2.10. The Bertz CT molecular complexity index is 902. The van der Waals surface area contributed by atoms with Gasteiger partial charge in [-0.1, -0.05) is 42.5 Å². The van der Waals surface area contributed by atoms with Crippen LogP contribution in [0.15, 0.2) is 60.7 Å². The van der Waals surface area contributed by atoms with Gasteiger partial charge in [0.15, 0.2) is 18.1 Å². The smallest absolute Gasteiger partial charge is 0.262 e. The van der Waals surface area contributed by atoms with Gasteiger partial charge in [-0.15, -0.1) is 0 Å². The summed E-state index contributed by atoms with van der Waals surface area (Å²) in [6, 6.07) is 18.8. The summed E-state index contributed by atoms with van der Waals surface area (Å²) in [5, 5.41) is 14.2. The van der Waals surface area contributed by atoms with E-state index in [9.17, 15) is 9.90 Å². The van der Waals surface area contributed by atoms with E-state index in [1.54, 1.807) is 18.2 Å². The average Bonchev–Trinajstić information content (AvgIpc) is 2.67. The molecule has 0 bridgehead atoms. The molecule has 0 atom stereocenters. The third-order valence-corrected chi connectivity index (χ3v) is 3.91. The second kappa shape index (κ2) is 8.36. The Balaban J connectivity index is 1.69. The van der Waals surface area contributed by atoms with Crippen LogP contribution in [0.5, 0.6) is 11.5 Å². The van der Waals surface area contributed by atoms with Crippen molar-refractivity contribution in [3.8, 4) is 11.5 Å². The first-order chi connectivity index (χ1) is 12.7. The fourth-order valence-electron chi connectivity index (χ4n) is 2.70. The number of hydrogen-bond donors (Lipinski definition) is 2. The zero-order valence-corrected chi connectivity index (χ0v) is 14.6. The maximum absolute atomic E-state index is 12.3. The van der Waals surface area contributed by atoms with Crippen LogP contribution in [0, 0.1) is 0 Å². The lowest BCUT2D eigenvalue weighted by Gasteiger charge is -2.13. The zero-order chi connectivity index (χ0) is 18.4. The van der Waals surface area contributed by atoms with E-state index in [4.69, 9.17) is 9.47 Å². The molecular formula is C21H21NO4. The molecule has 0 heterocycles. The van der Waals surface area contributed by atoms with E-state index >= 15 is 0 Å². The zero-order valence-electron chi connectivity index (χ0n) is 14.6. The molecule has 0 aliphatic rings. The minimum Gasteiger partial charge on any atom is -0.490 e. The van der Waals surface area contributed by atoms with Gasteiger partial charge >= 0.3 is 0 Å². The minimum absolute atomic E-state index is 0.0814. The van der Waals surface area contributed by atoms with Crippen molar-refractivity contribution in [2.75, 3.05) is 18.5 Å². The molecule has 5 nitrogen and oxygen atoms in total. The third-order valence-electron chi connectivity index (χ3n) is 3.91. The fraction of sp³-hybridized carbons (Fsp3) is 0.190. The molecule has 0 unspecified atom stereocenters. The van der Waals surface area contributed by atoms with Crippen molar-refractivity contribution in [2.45, 2.75) is 13.5 Å². The molecular weight excluding hydrogens is 330 g/mol. The summed E-state index contributed by atoms with van der Waals surface area (Å²) in [5.41, 5.74) is 1.47. The van der Waals surface area contributed by atoms with E-state index in [1.807, 2.05) is 49.4 Å². The Labute approximate surface area is 152 Å². The average molecular weight is 351 g/mol. The summed E-state index contributed by atoms with van der Waals surface area (Å²) < 4.78 is 11.1. The highest BCUT2D eigenvalue weighted by atomic mass is 16.5. The van der Waals surface area contributed by atoms with Gasteiger partial charge in [-0.3, -0.25) is 4.79 Å². The van der Waals surface area contributed by atoms with Gasteiger partial charge in [0.05, 0.1) is 13.2 Å². The van der Waals surface area contributed by atoms with Crippen LogP contribution in [0.2, 0.25) is 0 Å². The van der Waals surface area contributed by atoms with E-state index < -0.39 is 0 Å². The molecule has 0 aliphatic carbocycles. The maximum Gasteiger partial charge on any atom is 0.262 e. The fourth-order valence-corrected chi connectivity index (χ4v) is 2.70. The molecule has 0 saturated heterocycles. The topological polar surface area (TPSA) is 67.8 Å². The predicted molar refractivity (Wildman–Crippen MR) is 102 cm³/mol. The van der Waals surface area contributed by atoms with Crippen LogP contribution < -0.4 is 14.8 Å². The number of anilines is 1. The Kier molecular flexibility index (Phi) is 5.71. The van der Waals surface area contributed by atoms with Crippen LogP contribution in [0.1, 0.15) is 12.5 Å². The van der Waals surface area contributed by atoms with Crippen molar-refractivity contribution < 1.29 is 19.4 Å². The number of fused-ring (bicyclic) bond motifs is 1. The summed E-state index contributed by atoms with van der Waals surface area (Å²) in [5.74, 6) is 0.726. The van der Waals surface area contributed by atoms with Gasteiger partial charge in [0, 0.05) is 11.1 Å². The lowest BCUT2D eigenvalue weighted by molar-refractivity contribution is -0.118. The molecule has 0 aromatic heterocycles. The number of benzene rings is 3. The number of rotatable bonds is 7. The van der Waals surface area contributed by atoms with Crippen molar-refractivity contribution in [1.82, 2.24) is 0 Å². The van der Waals surface area contributed by atoms with Crippen LogP contribution in [-0.2, 0) is 11.4 Å². The lowest BCUT2D eigenvalue weighted by Crippen LogP contribution is -2.20. The molecule has 5 heteroatoms. The summed E-state index contributed by atoms with van der Waals surface area (Å²) in [6.45, 7) is 2.11. The van der Waals surface area contributed by atoms with Gasteiger partial charge in [-0.25, -0.2) is 0 Å². The van der Waals surface area contributed by atoms with E-state index in [0.29, 0.717) is 18.1 Å². The number of carbonyl (C=O) groups excluding carboxylic acids is 1. The molecule has 0 aliphatic heterocycles. The van der Waals surface area contributed by atoms with E-state index in [1.165, 1.54) is 0 Å². The Hall–Kier alpha value is -3.05. The minimum atomic E-state index is -0.255. The van der Waals surface area contributed by atoms with Crippen LogP contribution in [-0.4, -0.2) is 24.2 Å². The largest absolute Gasteiger partial charge is 0.490 e. The van der Waals surface area contributed by atoms with Gasteiger partial charge in [-0.05, 0) is 36.1 Å². The number of aliphatic hydroxyl groups excluding tert-OH is 1. The second-order valence-corrected chi connectivity index (χ2v) is 5.74. The first-order valence-corrected chi connectivity index (χ1v) is 8.48.